The van der Waals surface area contributed by atoms with Crippen molar-refractivity contribution < 1.29 is 17.9 Å². The molecule has 4 nitrogen and oxygen atoms in total. The molecule has 0 saturated carbocycles. The maximum Gasteiger partial charge on any atom is 0.194 e. The molecule has 0 amide bonds. The number of nitrogens with one attached hydrogen (secondary N) is 1. The van der Waals surface area contributed by atoms with Crippen LogP contribution < -0.4 is 11.1 Å². The number of aliphatic imine (C=N–C) groups is 1. The molecule has 2 aromatic rings. The zero-order chi connectivity index (χ0) is 18.0. The highest BCUT2D eigenvalue weighted by atomic mass is 32.1. The van der Waals surface area contributed by atoms with E-state index in [1.54, 1.807) is 18.2 Å². The number of thiocarbonyl (C=S) groups is 1. The quantitative estimate of drug-likeness (QED) is 0.379. The summed E-state index contributed by atoms with van der Waals surface area (Å²) < 4.78 is 47.4. The fourth-order valence-electron chi connectivity index (χ4n) is 2.77. The number of halogens is 3. The molecule has 1 saturated heterocycles. The first kappa shape index (κ1) is 17.4. The van der Waals surface area contributed by atoms with Crippen LogP contribution in [-0.2, 0) is 10.3 Å². The Morgan fingerprint density at radius 2 is 2.00 bits per heavy atom. The minimum absolute atomic E-state index is 0.0186. The van der Waals surface area contributed by atoms with E-state index < -0.39 is 29.2 Å². The third-order valence-electron chi connectivity index (χ3n) is 3.96. The van der Waals surface area contributed by atoms with Gasteiger partial charge in [0.05, 0.1) is 12.9 Å². The molecule has 3 rings (SSSR count). The summed E-state index contributed by atoms with van der Waals surface area (Å²) in [5, 5.41) is 2.87. The van der Waals surface area contributed by atoms with E-state index in [9.17, 15) is 13.2 Å². The molecule has 1 aliphatic heterocycles. The fraction of sp³-hybridized carbons (Fsp3) is 0.176. The van der Waals surface area contributed by atoms with Crippen LogP contribution in [0.15, 0.2) is 47.5 Å². The van der Waals surface area contributed by atoms with Gasteiger partial charge in [-0.15, -0.1) is 0 Å². The third kappa shape index (κ3) is 3.35. The van der Waals surface area contributed by atoms with Crippen LogP contribution in [0.2, 0.25) is 0 Å². The van der Waals surface area contributed by atoms with Gasteiger partial charge < -0.3 is 15.8 Å². The Hall–Kier alpha value is -2.45. The largest absolute Gasteiger partial charge is 0.390 e. The topological polar surface area (TPSA) is 62.9 Å². The molecule has 1 fully saturated rings. The van der Waals surface area contributed by atoms with Crippen molar-refractivity contribution in [1.82, 2.24) is 5.32 Å². The molecule has 3 N–H and O–H groups in total. The Balaban J connectivity index is 1.96. The van der Waals surface area contributed by atoms with Crippen molar-refractivity contribution in [3.8, 4) is 0 Å². The summed E-state index contributed by atoms with van der Waals surface area (Å²) in [5.41, 5.74) is 4.33. The summed E-state index contributed by atoms with van der Waals surface area (Å²) in [6.45, 7) is 0.0186. The van der Waals surface area contributed by atoms with E-state index in [2.05, 4.69) is 10.3 Å². The van der Waals surface area contributed by atoms with Gasteiger partial charge in [0, 0.05) is 17.2 Å². The van der Waals surface area contributed by atoms with E-state index in [-0.39, 0.29) is 22.8 Å². The third-order valence-corrected chi connectivity index (χ3v) is 4.21. The lowest BCUT2D eigenvalue weighted by atomic mass is 9.91. The summed E-state index contributed by atoms with van der Waals surface area (Å²) in [6, 6.07) is 9.21. The number of hydrogen-bond donors (Lipinski definition) is 2. The second kappa shape index (κ2) is 6.81. The van der Waals surface area contributed by atoms with Gasteiger partial charge in [-0.3, -0.25) is 0 Å². The van der Waals surface area contributed by atoms with Crippen molar-refractivity contribution in [2.45, 2.75) is 11.7 Å². The van der Waals surface area contributed by atoms with E-state index in [0.29, 0.717) is 0 Å². The Morgan fingerprint density at radius 3 is 2.68 bits per heavy atom. The van der Waals surface area contributed by atoms with E-state index in [1.807, 2.05) is 0 Å². The Bertz CT molecular complexity index is 846. The first-order valence-electron chi connectivity index (χ1n) is 7.38. The molecule has 0 aromatic heterocycles. The van der Waals surface area contributed by atoms with E-state index in [0.717, 1.165) is 18.5 Å². The Morgan fingerprint density at radius 1 is 1.24 bits per heavy atom. The van der Waals surface area contributed by atoms with Gasteiger partial charge in [0.2, 0.25) is 0 Å². The molecular weight excluding hydrogens is 351 g/mol. The average Bonchev–Trinajstić information content (AvgIpc) is 3.29. The normalized spacial score (nSPS) is 22.1. The number of benzene rings is 2. The van der Waals surface area contributed by atoms with Gasteiger partial charge in [-0.05, 0) is 24.4 Å². The van der Waals surface area contributed by atoms with Crippen LogP contribution in [0.1, 0.15) is 17.2 Å². The molecule has 2 atom stereocenters. The summed E-state index contributed by atoms with van der Waals surface area (Å²) in [6.07, 6.45) is 0.272. The molecule has 2 unspecified atom stereocenters. The number of rotatable bonds is 4. The zero-order valence-corrected chi connectivity index (χ0v) is 13.7. The van der Waals surface area contributed by atoms with Crippen LogP contribution in [0.25, 0.3) is 0 Å². The average molecular weight is 365 g/mol. The van der Waals surface area contributed by atoms with Crippen molar-refractivity contribution in [2.75, 3.05) is 6.54 Å². The highest BCUT2D eigenvalue weighted by Crippen LogP contribution is 2.57. The fourth-order valence-corrected chi connectivity index (χ4v) is 2.90. The number of nitrogens with zero attached hydrogens (tertiary/aromatic N) is 1. The van der Waals surface area contributed by atoms with E-state index in [1.165, 1.54) is 12.1 Å². The van der Waals surface area contributed by atoms with Gasteiger partial charge in [-0.25, -0.2) is 18.2 Å². The lowest BCUT2D eigenvalue weighted by Gasteiger charge is -2.16. The van der Waals surface area contributed by atoms with Crippen molar-refractivity contribution in [3.63, 3.8) is 0 Å². The summed E-state index contributed by atoms with van der Waals surface area (Å²) in [5.74, 6) is -1.97. The molecule has 0 aliphatic carbocycles. The second-order valence-electron chi connectivity index (χ2n) is 5.47. The van der Waals surface area contributed by atoms with Crippen LogP contribution in [0, 0.1) is 17.5 Å². The monoisotopic (exact) mass is 365 g/mol. The molecule has 25 heavy (non-hydrogen) atoms. The molecule has 0 spiro atoms. The second-order valence-corrected chi connectivity index (χ2v) is 5.86. The summed E-state index contributed by atoms with van der Waals surface area (Å²) >= 11 is 4.96. The van der Waals surface area contributed by atoms with Crippen molar-refractivity contribution in [3.05, 3.63) is 71.0 Å². The van der Waals surface area contributed by atoms with Gasteiger partial charge in [-0.2, -0.15) is 0 Å². The lowest BCUT2D eigenvalue weighted by Crippen LogP contribution is -2.32. The number of hydrogen-bond acceptors (Lipinski definition) is 2. The van der Waals surface area contributed by atoms with Crippen LogP contribution in [0.5, 0.6) is 0 Å². The van der Waals surface area contributed by atoms with Crippen molar-refractivity contribution >= 4 is 23.7 Å². The van der Waals surface area contributed by atoms with Crippen LogP contribution in [0.3, 0.4) is 0 Å². The standard InChI is InChI=1S/C17H14F3N3OS/c18-10-5-6-12(14(20)7-10)17(8-22-16(25)23-9-21)15(24-17)11-3-1-2-4-13(11)19/h1-7,9,15H,8H2,(H3,21,22,23,25). The number of epoxide rings is 1. The number of ether oxygens (including phenoxy) is 1. The molecule has 1 aliphatic rings. The molecular formula is C17H14F3N3OS. The van der Waals surface area contributed by atoms with E-state index in [4.69, 9.17) is 22.7 Å². The highest BCUT2D eigenvalue weighted by molar-refractivity contribution is 7.80. The maximum atomic E-state index is 14.3. The van der Waals surface area contributed by atoms with Crippen molar-refractivity contribution in [1.29, 1.82) is 0 Å². The van der Waals surface area contributed by atoms with Gasteiger partial charge in [0.15, 0.2) is 5.11 Å². The minimum atomic E-state index is -1.23. The highest BCUT2D eigenvalue weighted by Gasteiger charge is 2.60. The maximum absolute atomic E-state index is 14.3. The first-order valence-corrected chi connectivity index (χ1v) is 7.78. The summed E-state index contributed by atoms with van der Waals surface area (Å²) in [7, 11) is 0. The van der Waals surface area contributed by atoms with Crippen molar-refractivity contribution in [2.24, 2.45) is 10.7 Å². The van der Waals surface area contributed by atoms with Crippen LogP contribution >= 0.6 is 12.2 Å². The zero-order valence-electron chi connectivity index (χ0n) is 12.9. The Kier molecular flexibility index (Phi) is 4.73. The van der Waals surface area contributed by atoms with Gasteiger partial charge >= 0.3 is 0 Å². The van der Waals surface area contributed by atoms with Crippen LogP contribution in [-0.4, -0.2) is 18.0 Å². The predicted molar refractivity (Wildman–Crippen MR) is 91.5 cm³/mol. The predicted octanol–water partition coefficient (Wildman–Crippen LogP) is 2.93. The SMILES string of the molecule is N/C=N\C(=S)NCC1(c2ccc(F)cc2F)OC1c1ccccc1F. The molecule has 0 bridgehead atoms. The van der Waals surface area contributed by atoms with Crippen LogP contribution in [0.4, 0.5) is 13.2 Å². The van der Waals surface area contributed by atoms with E-state index >= 15 is 0 Å². The molecule has 0 radical (unpaired) electrons. The van der Waals surface area contributed by atoms with Gasteiger partial charge in [0.1, 0.15) is 29.2 Å². The lowest BCUT2D eigenvalue weighted by molar-refractivity contribution is 0.288. The smallest absolute Gasteiger partial charge is 0.194 e. The van der Waals surface area contributed by atoms with Gasteiger partial charge in [-0.1, -0.05) is 24.3 Å². The first-order chi connectivity index (χ1) is 12.0. The molecule has 2 aromatic carbocycles. The Labute approximate surface area is 147 Å². The minimum Gasteiger partial charge on any atom is -0.390 e. The number of nitrogens with two attached hydrogens (primary N) is 1. The molecule has 130 valence electrons. The summed E-state index contributed by atoms with van der Waals surface area (Å²) in [4.78, 5) is 3.69. The molecule has 1 heterocycles. The van der Waals surface area contributed by atoms with Gasteiger partial charge in [0.25, 0.3) is 0 Å². The molecule has 8 heteroatoms.